The zero-order chi connectivity index (χ0) is 18.4. The Morgan fingerprint density at radius 3 is 1.42 bits per heavy atom. The quantitative estimate of drug-likeness (QED) is 0.533. The van der Waals surface area contributed by atoms with Crippen LogP contribution in [0.1, 0.15) is 37.5 Å². The van der Waals surface area contributed by atoms with E-state index in [0.29, 0.717) is 13.2 Å². The molecule has 0 unspecified atom stereocenters. The Balaban J connectivity index is 1.77. The molecule has 2 heteroatoms. The van der Waals surface area contributed by atoms with E-state index in [9.17, 15) is 0 Å². The van der Waals surface area contributed by atoms with Gasteiger partial charge in [0.2, 0.25) is 0 Å². The molecule has 0 saturated heterocycles. The van der Waals surface area contributed by atoms with Gasteiger partial charge < -0.3 is 9.47 Å². The molecular formula is C24H26O2. The molecule has 134 valence electrons. The second-order valence-corrected chi connectivity index (χ2v) is 7.49. The Morgan fingerprint density at radius 2 is 1.04 bits per heavy atom. The average Bonchev–Trinajstić information content (AvgIpc) is 2.66. The zero-order valence-electron chi connectivity index (χ0n) is 15.7. The van der Waals surface area contributed by atoms with E-state index in [0.717, 1.165) is 22.6 Å². The lowest BCUT2D eigenvalue weighted by atomic mass is 9.87. The molecule has 0 radical (unpaired) electrons. The number of hydrogen-bond acceptors (Lipinski definition) is 2. The first-order chi connectivity index (χ1) is 12.5. The maximum Gasteiger partial charge on any atom is 0.123 e. The number of rotatable bonds is 6. The van der Waals surface area contributed by atoms with Crippen molar-refractivity contribution in [3.05, 3.63) is 95.6 Å². The first-order valence-corrected chi connectivity index (χ1v) is 9.00. The van der Waals surface area contributed by atoms with E-state index >= 15 is 0 Å². The van der Waals surface area contributed by atoms with Gasteiger partial charge in [-0.2, -0.15) is 0 Å². The maximum atomic E-state index is 6.04. The summed E-state index contributed by atoms with van der Waals surface area (Å²) in [7, 11) is 0. The minimum atomic E-state index is 0.0248. The molecule has 3 rings (SSSR count). The van der Waals surface area contributed by atoms with Gasteiger partial charge in [-0.15, -0.1) is 0 Å². The summed E-state index contributed by atoms with van der Waals surface area (Å²) in [4.78, 5) is 0. The van der Waals surface area contributed by atoms with Crippen molar-refractivity contribution in [2.75, 3.05) is 0 Å². The molecule has 0 aliphatic heterocycles. The molecule has 0 atom stereocenters. The van der Waals surface area contributed by atoms with Crippen molar-refractivity contribution in [3.8, 4) is 11.5 Å². The fourth-order valence-corrected chi connectivity index (χ4v) is 2.65. The van der Waals surface area contributed by atoms with Gasteiger partial charge in [0.1, 0.15) is 24.7 Å². The van der Waals surface area contributed by atoms with Crippen molar-refractivity contribution < 1.29 is 9.47 Å². The highest BCUT2D eigenvalue weighted by Gasteiger charge is 2.16. The van der Waals surface area contributed by atoms with E-state index in [1.807, 2.05) is 42.5 Å². The van der Waals surface area contributed by atoms with Crippen LogP contribution in [0.15, 0.2) is 78.9 Å². The van der Waals surface area contributed by atoms with Crippen LogP contribution in [0.2, 0.25) is 0 Å². The Hall–Kier alpha value is -2.74. The molecule has 0 aliphatic carbocycles. The van der Waals surface area contributed by atoms with E-state index in [-0.39, 0.29) is 5.41 Å². The SMILES string of the molecule is CC(C)(C)c1cc(OCc2ccccc2)cc(OCc2ccccc2)c1. The molecular weight excluding hydrogens is 320 g/mol. The Morgan fingerprint density at radius 1 is 0.615 bits per heavy atom. The van der Waals surface area contributed by atoms with Crippen LogP contribution in [0, 0.1) is 0 Å². The van der Waals surface area contributed by atoms with Crippen molar-refractivity contribution in [3.63, 3.8) is 0 Å². The normalized spacial score (nSPS) is 11.2. The van der Waals surface area contributed by atoms with Crippen LogP contribution in [0.5, 0.6) is 11.5 Å². The minimum Gasteiger partial charge on any atom is -0.489 e. The Kier molecular flexibility index (Phi) is 5.62. The summed E-state index contributed by atoms with van der Waals surface area (Å²) in [6.07, 6.45) is 0. The summed E-state index contributed by atoms with van der Waals surface area (Å²) in [6, 6.07) is 26.6. The lowest BCUT2D eigenvalue weighted by Crippen LogP contribution is -2.12. The second kappa shape index (κ2) is 8.09. The summed E-state index contributed by atoms with van der Waals surface area (Å²) in [6.45, 7) is 7.69. The molecule has 0 aromatic heterocycles. The number of benzene rings is 3. The molecule has 0 fully saturated rings. The molecule has 0 amide bonds. The molecule has 2 nitrogen and oxygen atoms in total. The van der Waals surface area contributed by atoms with Crippen molar-refractivity contribution in [1.82, 2.24) is 0 Å². The zero-order valence-corrected chi connectivity index (χ0v) is 15.7. The number of hydrogen-bond donors (Lipinski definition) is 0. The molecule has 0 heterocycles. The third-order valence-electron chi connectivity index (χ3n) is 4.24. The summed E-state index contributed by atoms with van der Waals surface area (Å²) in [5.41, 5.74) is 3.53. The average molecular weight is 346 g/mol. The molecule has 3 aromatic rings. The minimum absolute atomic E-state index is 0.0248. The topological polar surface area (TPSA) is 18.5 Å². The Labute approximate surface area is 156 Å². The van der Waals surface area contributed by atoms with E-state index in [1.54, 1.807) is 0 Å². The van der Waals surface area contributed by atoms with Crippen LogP contribution in [-0.4, -0.2) is 0 Å². The van der Waals surface area contributed by atoms with E-state index in [1.165, 1.54) is 5.56 Å². The van der Waals surface area contributed by atoms with Gasteiger partial charge in [0, 0.05) is 6.07 Å². The van der Waals surface area contributed by atoms with Gasteiger partial charge >= 0.3 is 0 Å². The van der Waals surface area contributed by atoms with Gasteiger partial charge in [-0.05, 0) is 34.2 Å². The smallest absolute Gasteiger partial charge is 0.123 e. The summed E-state index contributed by atoms with van der Waals surface area (Å²) in [5.74, 6) is 1.67. The maximum absolute atomic E-state index is 6.04. The van der Waals surface area contributed by atoms with Crippen molar-refractivity contribution in [2.45, 2.75) is 39.4 Å². The fraction of sp³-hybridized carbons (Fsp3) is 0.250. The molecule has 0 N–H and O–H groups in total. The fourth-order valence-electron chi connectivity index (χ4n) is 2.65. The van der Waals surface area contributed by atoms with Crippen LogP contribution in [0.4, 0.5) is 0 Å². The highest BCUT2D eigenvalue weighted by atomic mass is 16.5. The van der Waals surface area contributed by atoms with Crippen LogP contribution in [0.3, 0.4) is 0 Å². The summed E-state index contributed by atoms with van der Waals surface area (Å²) < 4.78 is 12.1. The van der Waals surface area contributed by atoms with Crippen molar-refractivity contribution >= 4 is 0 Å². The molecule has 0 spiro atoms. The molecule has 0 bridgehead atoms. The predicted molar refractivity (Wildman–Crippen MR) is 107 cm³/mol. The lowest BCUT2D eigenvalue weighted by Gasteiger charge is -2.21. The van der Waals surface area contributed by atoms with E-state index in [4.69, 9.17) is 9.47 Å². The molecule has 26 heavy (non-hydrogen) atoms. The van der Waals surface area contributed by atoms with Gasteiger partial charge in [0.25, 0.3) is 0 Å². The summed E-state index contributed by atoms with van der Waals surface area (Å²) in [5, 5.41) is 0. The lowest BCUT2D eigenvalue weighted by molar-refractivity contribution is 0.288. The van der Waals surface area contributed by atoms with Gasteiger partial charge in [0.15, 0.2) is 0 Å². The van der Waals surface area contributed by atoms with E-state index in [2.05, 4.69) is 57.2 Å². The molecule has 3 aromatic carbocycles. The largest absolute Gasteiger partial charge is 0.489 e. The molecule has 0 aliphatic rings. The molecule has 0 saturated carbocycles. The van der Waals surface area contributed by atoms with Crippen molar-refractivity contribution in [2.24, 2.45) is 0 Å². The first kappa shape index (κ1) is 18.1. The number of ether oxygens (including phenoxy) is 2. The predicted octanol–water partition coefficient (Wildman–Crippen LogP) is 6.14. The van der Waals surface area contributed by atoms with Gasteiger partial charge in [-0.3, -0.25) is 0 Å². The van der Waals surface area contributed by atoms with Crippen LogP contribution >= 0.6 is 0 Å². The first-order valence-electron chi connectivity index (χ1n) is 9.00. The van der Waals surface area contributed by atoms with Crippen molar-refractivity contribution in [1.29, 1.82) is 0 Å². The van der Waals surface area contributed by atoms with Gasteiger partial charge in [0.05, 0.1) is 0 Å². The van der Waals surface area contributed by atoms with Crippen LogP contribution in [-0.2, 0) is 18.6 Å². The highest BCUT2D eigenvalue weighted by Crippen LogP contribution is 2.31. The monoisotopic (exact) mass is 346 g/mol. The summed E-state index contributed by atoms with van der Waals surface area (Å²) >= 11 is 0. The van der Waals surface area contributed by atoms with Crippen LogP contribution in [0.25, 0.3) is 0 Å². The van der Waals surface area contributed by atoms with E-state index < -0.39 is 0 Å². The highest BCUT2D eigenvalue weighted by molar-refractivity contribution is 5.41. The van der Waals surface area contributed by atoms with Crippen LogP contribution < -0.4 is 9.47 Å². The third kappa shape index (κ3) is 5.13. The standard InChI is InChI=1S/C24H26O2/c1-24(2,3)21-14-22(25-17-19-10-6-4-7-11-19)16-23(15-21)26-18-20-12-8-5-9-13-20/h4-16H,17-18H2,1-3H3. The third-order valence-corrected chi connectivity index (χ3v) is 4.24. The second-order valence-electron chi connectivity index (χ2n) is 7.49. The van der Waals surface area contributed by atoms with Gasteiger partial charge in [-0.1, -0.05) is 81.4 Å². The van der Waals surface area contributed by atoms with Gasteiger partial charge in [-0.25, -0.2) is 0 Å². The Bertz CT molecular complexity index is 756.